The highest BCUT2D eigenvalue weighted by Crippen LogP contribution is 2.15. The molecule has 0 aliphatic carbocycles. The van der Waals surface area contributed by atoms with Crippen LogP contribution >= 0.6 is 11.6 Å². The SMILES string of the molecule is CC(C)(CO)NC(=O)N/C=C/c1ccccc1Cl. The summed E-state index contributed by atoms with van der Waals surface area (Å²) in [5.74, 6) is 0. The van der Waals surface area contributed by atoms with Crippen molar-refractivity contribution in [1.82, 2.24) is 10.6 Å². The van der Waals surface area contributed by atoms with Crippen LogP contribution in [-0.4, -0.2) is 23.3 Å². The van der Waals surface area contributed by atoms with Crippen LogP contribution in [0.15, 0.2) is 30.5 Å². The zero-order valence-corrected chi connectivity index (χ0v) is 11.2. The highest BCUT2D eigenvalue weighted by atomic mass is 35.5. The number of urea groups is 1. The molecule has 0 aliphatic rings. The minimum atomic E-state index is -0.650. The lowest BCUT2D eigenvalue weighted by Gasteiger charge is -2.22. The predicted octanol–water partition coefficient (Wildman–Crippen LogP) is 2.38. The molecule has 2 amide bonds. The molecule has 1 aromatic carbocycles. The van der Waals surface area contributed by atoms with Crippen molar-refractivity contribution >= 4 is 23.7 Å². The Bertz CT molecular complexity index is 444. The van der Waals surface area contributed by atoms with Crippen molar-refractivity contribution in [2.24, 2.45) is 0 Å². The molecule has 0 atom stereocenters. The van der Waals surface area contributed by atoms with Gasteiger partial charge in [-0.3, -0.25) is 0 Å². The van der Waals surface area contributed by atoms with Gasteiger partial charge in [0.05, 0.1) is 12.1 Å². The third kappa shape index (κ3) is 4.77. The number of hydrogen-bond donors (Lipinski definition) is 3. The smallest absolute Gasteiger partial charge is 0.319 e. The molecule has 0 radical (unpaired) electrons. The van der Waals surface area contributed by atoms with Gasteiger partial charge >= 0.3 is 6.03 Å². The standard InChI is InChI=1S/C13H17ClN2O2/c1-13(2,9-17)16-12(18)15-8-7-10-5-3-4-6-11(10)14/h3-8,17H,9H2,1-2H3,(H2,15,16,18)/b8-7+. The molecule has 5 heteroatoms. The molecule has 0 aromatic heterocycles. The number of nitrogens with one attached hydrogen (secondary N) is 2. The van der Waals surface area contributed by atoms with Gasteiger partial charge in [-0.1, -0.05) is 29.8 Å². The Balaban J connectivity index is 2.51. The summed E-state index contributed by atoms with van der Waals surface area (Å²) in [7, 11) is 0. The van der Waals surface area contributed by atoms with Gasteiger partial charge in [-0.15, -0.1) is 0 Å². The summed E-state index contributed by atoms with van der Waals surface area (Å²) in [4.78, 5) is 11.5. The van der Waals surface area contributed by atoms with E-state index in [0.717, 1.165) is 5.56 Å². The molecule has 18 heavy (non-hydrogen) atoms. The first-order valence-corrected chi connectivity index (χ1v) is 5.93. The number of rotatable bonds is 4. The second-order valence-electron chi connectivity index (χ2n) is 4.50. The van der Waals surface area contributed by atoms with Crippen molar-refractivity contribution in [2.45, 2.75) is 19.4 Å². The third-order valence-corrected chi connectivity index (χ3v) is 2.57. The third-order valence-electron chi connectivity index (χ3n) is 2.23. The van der Waals surface area contributed by atoms with Crippen LogP contribution in [-0.2, 0) is 0 Å². The molecule has 0 spiro atoms. The maximum absolute atomic E-state index is 11.5. The van der Waals surface area contributed by atoms with E-state index in [1.807, 2.05) is 18.2 Å². The van der Waals surface area contributed by atoms with Gasteiger partial charge < -0.3 is 15.7 Å². The average molecular weight is 269 g/mol. The number of amides is 2. The van der Waals surface area contributed by atoms with E-state index in [4.69, 9.17) is 16.7 Å². The molecule has 0 heterocycles. The van der Waals surface area contributed by atoms with Crippen LogP contribution in [0.2, 0.25) is 5.02 Å². The molecule has 0 aliphatic heterocycles. The van der Waals surface area contributed by atoms with E-state index in [2.05, 4.69) is 10.6 Å². The molecule has 98 valence electrons. The lowest BCUT2D eigenvalue weighted by atomic mass is 10.1. The van der Waals surface area contributed by atoms with Crippen LogP contribution in [0, 0.1) is 0 Å². The fourth-order valence-corrected chi connectivity index (χ4v) is 1.40. The molecule has 3 N–H and O–H groups in total. The number of halogens is 1. The zero-order valence-electron chi connectivity index (χ0n) is 10.4. The van der Waals surface area contributed by atoms with E-state index in [1.165, 1.54) is 6.20 Å². The van der Waals surface area contributed by atoms with Crippen molar-refractivity contribution in [3.63, 3.8) is 0 Å². The van der Waals surface area contributed by atoms with E-state index >= 15 is 0 Å². The number of benzene rings is 1. The Morgan fingerprint density at radius 2 is 2.11 bits per heavy atom. The predicted molar refractivity (Wildman–Crippen MR) is 73.3 cm³/mol. The van der Waals surface area contributed by atoms with Crippen LogP contribution in [0.4, 0.5) is 4.79 Å². The van der Waals surface area contributed by atoms with E-state index < -0.39 is 5.54 Å². The molecule has 0 bridgehead atoms. The van der Waals surface area contributed by atoms with Crippen molar-refractivity contribution < 1.29 is 9.90 Å². The summed E-state index contributed by atoms with van der Waals surface area (Å²) in [6.07, 6.45) is 3.21. The summed E-state index contributed by atoms with van der Waals surface area (Å²) >= 11 is 5.96. The van der Waals surface area contributed by atoms with Gasteiger partial charge in [-0.25, -0.2) is 4.79 Å². The van der Waals surface area contributed by atoms with Gasteiger partial charge in [0.1, 0.15) is 0 Å². The Morgan fingerprint density at radius 1 is 1.44 bits per heavy atom. The van der Waals surface area contributed by atoms with Crippen LogP contribution in [0.1, 0.15) is 19.4 Å². The van der Waals surface area contributed by atoms with Crippen LogP contribution in [0.25, 0.3) is 6.08 Å². The molecular weight excluding hydrogens is 252 g/mol. The lowest BCUT2D eigenvalue weighted by molar-refractivity contribution is 0.183. The van der Waals surface area contributed by atoms with Gasteiger partial charge in [-0.2, -0.15) is 0 Å². The monoisotopic (exact) mass is 268 g/mol. The Kier molecular flexibility index (Phi) is 5.19. The molecular formula is C13H17ClN2O2. The molecule has 0 unspecified atom stereocenters. The first-order chi connectivity index (χ1) is 8.44. The molecule has 1 aromatic rings. The van der Waals surface area contributed by atoms with Gasteiger partial charge in [0, 0.05) is 11.2 Å². The second-order valence-corrected chi connectivity index (χ2v) is 4.90. The van der Waals surface area contributed by atoms with Gasteiger partial charge in [0.15, 0.2) is 0 Å². The van der Waals surface area contributed by atoms with E-state index in [-0.39, 0.29) is 12.6 Å². The molecule has 4 nitrogen and oxygen atoms in total. The van der Waals surface area contributed by atoms with Crippen molar-refractivity contribution in [3.8, 4) is 0 Å². The minimum absolute atomic E-state index is 0.130. The quantitative estimate of drug-likeness (QED) is 0.785. The molecule has 0 fully saturated rings. The van der Waals surface area contributed by atoms with Crippen molar-refractivity contribution in [2.75, 3.05) is 6.61 Å². The number of carbonyl (C=O) groups excluding carboxylic acids is 1. The van der Waals surface area contributed by atoms with E-state index in [9.17, 15) is 4.79 Å². The first-order valence-electron chi connectivity index (χ1n) is 5.55. The maximum Gasteiger partial charge on any atom is 0.319 e. The molecule has 1 rings (SSSR count). The fourth-order valence-electron chi connectivity index (χ4n) is 1.20. The minimum Gasteiger partial charge on any atom is -0.394 e. The van der Waals surface area contributed by atoms with Crippen LogP contribution in [0.3, 0.4) is 0 Å². The Morgan fingerprint density at radius 3 is 2.72 bits per heavy atom. The zero-order chi connectivity index (χ0) is 13.6. The summed E-state index contributed by atoms with van der Waals surface area (Å²) in [6, 6.07) is 6.94. The second kappa shape index (κ2) is 6.42. The van der Waals surface area contributed by atoms with Crippen LogP contribution < -0.4 is 10.6 Å². The van der Waals surface area contributed by atoms with Gasteiger partial charge in [-0.05, 0) is 31.6 Å². The number of hydrogen-bond acceptors (Lipinski definition) is 2. The van der Waals surface area contributed by atoms with Crippen molar-refractivity contribution in [3.05, 3.63) is 41.1 Å². The fraction of sp³-hybridized carbons (Fsp3) is 0.308. The van der Waals surface area contributed by atoms with Crippen molar-refractivity contribution in [1.29, 1.82) is 0 Å². The lowest BCUT2D eigenvalue weighted by Crippen LogP contribution is -2.49. The number of aliphatic hydroxyl groups excluding tert-OH is 1. The Labute approximate surface area is 112 Å². The topological polar surface area (TPSA) is 61.4 Å². The molecule has 0 saturated carbocycles. The summed E-state index contributed by atoms with van der Waals surface area (Å²) in [6.45, 7) is 3.32. The number of aliphatic hydroxyl groups is 1. The average Bonchev–Trinajstić information content (AvgIpc) is 2.31. The molecule has 0 saturated heterocycles. The largest absolute Gasteiger partial charge is 0.394 e. The number of carbonyl (C=O) groups is 1. The summed E-state index contributed by atoms with van der Waals surface area (Å²) in [5.41, 5.74) is 0.170. The van der Waals surface area contributed by atoms with E-state index in [1.54, 1.807) is 26.0 Å². The van der Waals surface area contributed by atoms with Crippen LogP contribution in [0.5, 0.6) is 0 Å². The highest BCUT2D eigenvalue weighted by molar-refractivity contribution is 6.32. The van der Waals surface area contributed by atoms with Gasteiger partial charge in [0.2, 0.25) is 0 Å². The highest BCUT2D eigenvalue weighted by Gasteiger charge is 2.17. The maximum atomic E-state index is 11.5. The van der Waals surface area contributed by atoms with Gasteiger partial charge in [0.25, 0.3) is 0 Å². The Hall–Kier alpha value is -1.52. The normalized spacial score (nSPS) is 11.6. The first kappa shape index (κ1) is 14.5. The van der Waals surface area contributed by atoms with E-state index in [0.29, 0.717) is 5.02 Å². The summed E-state index contributed by atoms with van der Waals surface area (Å²) < 4.78 is 0. The summed E-state index contributed by atoms with van der Waals surface area (Å²) in [5, 5.41) is 14.8.